The Labute approximate surface area is 146 Å². The first kappa shape index (κ1) is 16.4. The SMILES string of the molecule is O=C(NCC[C@]12CCO[C@H]1CCN(Cc1ccoc1)C2)c1ccno1. The molecule has 2 fully saturated rings. The number of hydrogen-bond acceptors (Lipinski definition) is 6. The van der Waals surface area contributed by atoms with Crippen molar-refractivity contribution in [1.29, 1.82) is 0 Å². The van der Waals surface area contributed by atoms with E-state index in [1.54, 1.807) is 12.3 Å². The van der Waals surface area contributed by atoms with Crippen molar-refractivity contribution in [3.63, 3.8) is 0 Å². The maximum Gasteiger partial charge on any atom is 0.289 e. The Morgan fingerprint density at radius 1 is 1.44 bits per heavy atom. The maximum atomic E-state index is 12.0. The molecule has 0 aromatic carbocycles. The summed E-state index contributed by atoms with van der Waals surface area (Å²) in [5, 5.41) is 6.51. The van der Waals surface area contributed by atoms with Crippen LogP contribution in [0.25, 0.3) is 0 Å². The quantitative estimate of drug-likeness (QED) is 0.863. The van der Waals surface area contributed by atoms with E-state index in [0.717, 1.165) is 45.5 Å². The molecule has 4 heterocycles. The number of piperidine rings is 1. The molecule has 2 aromatic rings. The number of ether oxygens (including phenoxy) is 1. The lowest BCUT2D eigenvalue weighted by Gasteiger charge is -2.43. The second kappa shape index (κ2) is 7.01. The molecule has 1 N–H and O–H groups in total. The zero-order chi connectivity index (χ0) is 17.1. The highest BCUT2D eigenvalue weighted by molar-refractivity contribution is 5.91. The van der Waals surface area contributed by atoms with E-state index in [4.69, 9.17) is 13.7 Å². The fraction of sp³-hybridized carbons (Fsp3) is 0.556. The Hall–Kier alpha value is -2.12. The predicted octanol–water partition coefficient (Wildman–Crippen LogP) is 2.07. The summed E-state index contributed by atoms with van der Waals surface area (Å²) in [4.78, 5) is 14.5. The molecule has 134 valence electrons. The van der Waals surface area contributed by atoms with Gasteiger partial charge in [0.15, 0.2) is 0 Å². The maximum absolute atomic E-state index is 12.0. The summed E-state index contributed by atoms with van der Waals surface area (Å²) in [6.45, 7) is 4.33. The third-order valence-electron chi connectivity index (χ3n) is 5.40. The van der Waals surface area contributed by atoms with E-state index in [0.29, 0.717) is 6.54 Å². The molecule has 25 heavy (non-hydrogen) atoms. The van der Waals surface area contributed by atoms with Crippen molar-refractivity contribution >= 4 is 5.91 Å². The molecule has 0 spiro atoms. The molecule has 0 unspecified atom stereocenters. The number of likely N-dealkylation sites (tertiary alicyclic amines) is 1. The highest BCUT2D eigenvalue weighted by Crippen LogP contribution is 2.43. The highest BCUT2D eigenvalue weighted by Gasteiger charge is 2.47. The van der Waals surface area contributed by atoms with Crippen molar-refractivity contribution in [1.82, 2.24) is 15.4 Å². The van der Waals surface area contributed by atoms with Gasteiger partial charge in [0.25, 0.3) is 5.91 Å². The number of carbonyl (C=O) groups is 1. The first-order valence-corrected chi connectivity index (χ1v) is 8.79. The molecule has 7 nitrogen and oxygen atoms in total. The molecule has 2 saturated heterocycles. The van der Waals surface area contributed by atoms with Crippen LogP contribution in [-0.2, 0) is 11.3 Å². The van der Waals surface area contributed by atoms with Gasteiger partial charge in [-0.1, -0.05) is 5.16 Å². The number of hydrogen-bond donors (Lipinski definition) is 1. The van der Waals surface area contributed by atoms with Crippen LogP contribution in [0.4, 0.5) is 0 Å². The molecule has 2 aliphatic rings. The predicted molar refractivity (Wildman–Crippen MR) is 88.8 cm³/mol. The minimum atomic E-state index is -0.213. The van der Waals surface area contributed by atoms with Gasteiger partial charge >= 0.3 is 0 Å². The fourth-order valence-corrected chi connectivity index (χ4v) is 4.12. The summed E-state index contributed by atoms with van der Waals surface area (Å²) in [5.41, 5.74) is 1.31. The van der Waals surface area contributed by atoms with Crippen LogP contribution in [0.15, 0.2) is 39.8 Å². The van der Waals surface area contributed by atoms with Gasteiger partial charge in [-0.3, -0.25) is 9.69 Å². The lowest BCUT2D eigenvalue weighted by atomic mass is 9.74. The van der Waals surface area contributed by atoms with Gasteiger partial charge in [0.05, 0.1) is 24.8 Å². The van der Waals surface area contributed by atoms with E-state index in [2.05, 4.69) is 15.4 Å². The van der Waals surface area contributed by atoms with E-state index >= 15 is 0 Å². The van der Waals surface area contributed by atoms with Crippen LogP contribution in [0.5, 0.6) is 0 Å². The molecule has 1 amide bonds. The standard InChI is InChI=1S/C18H23N3O4/c22-17(15-1-6-20-25-15)19-7-4-18-5-10-24-16(18)2-8-21(13-18)11-14-3-9-23-12-14/h1,3,6,9,12,16H,2,4-5,7-8,10-11,13H2,(H,19,22)/t16-,18+/m0/s1. The van der Waals surface area contributed by atoms with Crippen LogP contribution in [0.3, 0.4) is 0 Å². The normalized spacial score (nSPS) is 26.5. The number of rotatable bonds is 6. The zero-order valence-electron chi connectivity index (χ0n) is 14.1. The minimum Gasteiger partial charge on any atom is -0.472 e. The van der Waals surface area contributed by atoms with E-state index < -0.39 is 0 Å². The summed E-state index contributed by atoms with van der Waals surface area (Å²) in [7, 11) is 0. The Morgan fingerprint density at radius 2 is 2.40 bits per heavy atom. The number of nitrogens with zero attached hydrogens (tertiary/aromatic N) is 2. The Bertz CT molecular complexity index is 685. The molecular weight excluding hydrogens is 322 g/mol. The van der Waals surface area contributed by atoms with Gasteiger partial charge in [0.1, 0.15) is 0 Å². The molecule has 2 atom stereocenters. The third kappa shape index (κ3) is 3.48. The van der Waals surface area contributed by atoms with Crippen LogP contribution < -0.4 is 5.32 Å². The zero-order valence-corrected chi connectivity index (χ0v) is 14.1. The average Bonchev–Trinajstić information content (AvgIpc) is 3.36. The molecular formula is C18H23N3O4. The second-order valence-corrected chi connectivity index (χ2v) is 6.99. The molecule has 0 saturated carbocycles. The van der Waals surface area contributed by atoms with Crippen LogP contribution in [0.1, 0.15) is 35.4 Å². The van der Waals surface area contributed by atoms with Crippen LogP contribution in [0, 0.1) is 5.41 Å². The monoisotopic (exact) mass is 345 g/mol. The Balaban J connectivity index is 1.36. The number of fused-ring (bicyclic) bond motifs is 1. The summed E-state index contributed by atoms with van der Waals surface area (Å²) >= 11 is 0. The first-order chi connectivity index (χ1) is 12.3. The molecule has 0 aliphatic carbocycles. The summed E-state index contributed by atoms with van der Waals surface area (Å²) in [6, 6.07) is 3.59. The van der Waals surface area contributed by atoms with Crippen molar-refractivity contribution in [2.45, 2.75) is 31.9 Å². The molecule has 0 radical (unpaired) electrons. The highest BCUT2D eigenvalue weighted by atomic mass is 16.5. The average molecular weight is 345 g/mol. The molecule has 7 heteroatoms. The van der Waals surface area contributed by atoms with Gasteiger partial charge in [-0.25, -0.2) is 0 Å². The minimum absolute atomic E-state index is 0.108. The molecule has 2 aliphatic heterocycles. The van der Waals surface area contributed by atoms with Crippen molar-refractivity contribution in [3.8, 4) is 0 Å². The Morgan fingerprint density at radius 3 is 3.20 bits per heavy atom. The van der Waals surface area contributed by atoms with Crippen LogP contribution in [-0.4, -0.2) is 48.3 Å². The fourth-order valence-electron chi connectivity index (χ4n) is 4.12. The topological polar surface area (TPSA) is 80.7 Å². The number of aromatic nitrogens is 1. The molecule has 2 aromatic heterocycles. The van der Waals surface area contributed by atoms with Crippen LogP contribution >= 0.6 is 0 Å². The summed E-state index contributed by atoms with van der Waals surface area (Å²) in [5.74, 6) is 0.0392. The van der Waals surface area contributed by atoms with Gasteiger partial charge in [-0.15, -0.1) is 0 Å². The Kier molecular flexibility index (Phi) is 4.59. The van der Waals surface area contributed by atoms with E-state index in [-0.39, 0.29) is 23.2 Å². The molecule has 0 bridgehead atoms. The van der Waals surface area contributed by atoms with E-state index in [9.17, 15) is 4.79 Å². The van der Waals surface area contributed by atoms with Gasteiger partial charge in [0, 0.05) is 49.8 Å². The lowest BCUT2D eigenvalue weighted by Crippen LogP contribution is -2.50. The van der Waals surface area contributed by atoms with Crippen molar-refractivity contribution in [2.24, 2.45) is 5.41 Å². The lowest BCUT2D eigenvalue weighted by molar-refractivity contribution is -0.0241. The number of amides is 1. The smallest absolute Gasteiger partial charge is 0.289 e. The van der Waals surface area contributed by atoms with Crippen molar-refractivity contribution < 1.29 is 18.5 Å². The summed E-state index contributed by atoms with van der Waals surface area (Å²) < 4.78 is 16.1. The number of nitrogens with one attached hydrogen (secondary N) is 1. The number of furan rings is 1. The largest absolute Gasteiger partial charge is 0.472 e. The van der Waals surface area contributed by atoms with Crippen LogP contribution in [0.2, 0.25) is 0 Å². The van der Waals surface area contributed by atoms with E-state index in [1.165, 1.54) is 11.8 Å². The van der Waals surface area contributed by atoms with Gasteiger partial charge < -0.3 is 19.0 Å². The van der Waals surface area contributed by atoms with Crippen molar-refractivity contribution in [2.75, 3.05) is 26.2 Å². The van der Waals surface area contributed by atoms with E-state index in [1.807, 2.05) is 12.3 Å². The molecule has 4 rings (SSSR count). The van der Waals surface area contributed by atoms with Gasteiger partial charge in [0.2, 0.25) is 5.76 Å². The third-order valence-corrected chi connectivity index (χ3v) is 5.40. The van der Waals surface area contributed by atoms with Gasteiger partial charge in [-0.2, -0.15) is 0 Å². The summed E-state index contributed by atoms with van der Waals surface area (Å²) in [6.07, 6.45) is 8.26. The van der Waals surface area contributed by atoms with Gasteiger partial charge in [-0.05, 0) is 25.3 Å². The number of carbonyl (C=O) groups excluding carboxylic acids is 1. The first-order valence-electron chi connectivity index (χ1n) is 8.79. The van der Waals surface area contributed by atoms with Crippen molar-refractivity contribution in [3.05, 3.63) is 42.2 Å². The second-order valence-electron chi connectivity index (χ2n) is 6.99.